The summed E-state index contributed by atoms with van der Waals surface area (Å²) in [6, 6.07) is 4.07. The average molecular weight is 296 g/mol. The third kappa shape index (κ3) is 2.23. The predicted octanol–water partition coefficient (Wildman–Crippen LogP) is 3.16. The highest BCUT2D eigenvalue weighted by atomic mass is 35.5. The van der Waals surface area contributed by atoms with Crippen LogP contribution in [-0.4, -0.2) is 19.1 Å². The Morgan fingerprint density at radius 3 is 3.00 bits per heavy atom. The lowest BCUT2D eigenvalue weighted by molar-refractivity contribution is -0.117. The summed E-state index contributed by atoms with van der Waals surface area (Å²) >= 11 is 7.68. The van der Waals surface area contributed by atoms with E-state index in [2.05, 4.69) is 5.32 Å². The summed E-state index contributed by atoms with van der Waals surface area (Å²) in [7, 11) is 1.60. The lowest BCUT2D eigenvalue weighted by atomic mass is 9.95. The number of fused-ring (bicyclic) bond motifs is 1. The van der Waals surface area contributed by atoms with Gasteiger partial charge in [-0.2, -0.15) is 0 Å². The zero-order valence-corrected chi connectivity index (χ0v) is 12.3. The summed E-state index contributed by atoms with van der Waals surface area (Å²) in [5.74, 6) is 0.694. The first-order valence-corrected chi connectivity index (χ1v) is 7.35. The van der Waals surface area contributed by atoms with Gasteiger partial charge < -0.3 is 10.1 Å². The van der Waals surface area contributed by atoms with Crippen LogP contribution in [0.15, 0.2) is 27.5 Å². The van der Waals surface area contributed by atoms with Gasteiger partial charge in [0.15, 0.2) is 0 Å². The van der Waals surface area contributed by atoms with E-state index in [0.29, 0.717) is 10.8 Å². The molecular formula is C14H14ClNO2S. The lowest BCUT2D eigenvalue weighted by Gasteiger charge is -2.29. The van der Waals surface area contributed by atoms with Gasteiger partial charge in [-0.25, -0.2) is 0 Å². The zero-order valence-electron chi connectivity index (χ0n) is 10.7. The van der Waals surface area contributed by atoms with Crippen LogP contribution in [0.2, 0.25) is 5.02 Å². The number of rotatable bonds is 1. The highest BCUT2D eigenvalue weighted by Gasteiger charge is 2.30. The SMILES string of the molecule is COc1cc2c(cc1Cl)CC1=C(S2)C(=O)NC(C)C1. The number of halogens is 1. The van der Waals surface area contributed by atoms with E-state index in [1.54, 1.807) is 7.11 Å². The number of hydrogen-bond acceptors (Lipinski definition) is 3. The first kappa shape index (κ1) is 12.9. The Morgan fingerprint density at radius 2 is 2.26 bits per heavy atom. The second-order valence-corrected chi connectivity index (χ2v) is 6.34. The van der Waals surface area contributed by atoms with Crippen molar-refractivity contribution in [1.29, 1.82) is 0 Å². The standard InChI is InChI=1S/C14H14ClNO2S/c1-7-3-9-4-8-5-10(15)11(18-2)6-12(8)19-13(9)14(17)16-7/h5-7H,3-4H2,1-2H3,(H,16,17). The van der Waals surface area contributed by atoms with E-state index in [4.69, 9.17) is 16.3 Å². The van der Waals surface area contributed by atoms with Gasteiger partial charge in [-0.3, -0.25) is 4.79 Å². The van der Waals surface area contributed by atoms with E-state index in [0.717, 1.165) is 22.6 Å². The van der Waals surface area contributed by atoms with E-state index in [1.807, 2.05) is 19.1 Å². The van der Waals surface area contributed by atoms with Gasteiger partial charge in [0, 0.05) is 10.9 Å². The molecule has 1 amide bonds. The van der Waals surface area contributed by atoms with E-state index in [9.17, 15) is 4.79 Å². The molecule has 100 valence electrons. The third-order valence-electron chi connectivity index (χ3n) is 3.41. The number of thioether (sulfide) groups is 1. The molecule has 1 N–H and O–H groups in total. The Balaban J connectivity index is 2.01. The van der Waals surface area contributed by atoms with Crippen molar-refractivity contribution in [3.8, 4) is 5.75 Å². The van der Waals surface area contributed by atoms with E-state index in [-0.39, 0.29) is 11.9 Å². The molecule has 1 unspecified atom stereocenters. The molecular weight excluding hydrogens is 282 g/mol. The second kappa shape index (κ2) is 4.76. The van der Waals surface area contributed by atoms with Gasteiger partial charge in [0.1, 0.15) is 5.75 Å². The molecule has 1 aromatic carbocycles. The van der Waals surface area contributed by atoms with Crippen LogP contribution in [0.3, 0.4) is 0 Å². The number of carbonyl (C=O) groups is 1. The van der Waals surface area contributed by atoms with Crippen LogP contribution in [0, 0.1) is 0 Å². The van der Waals surface area contributed by atoms with Crippen molar-refractivity contribution < 1.29 is 9.53 Å². The maximum atomic E-state index is 12.0. The lowest BCUT2D eigenvalue weighted by Crippen LogP contribution is -2.38. The molecule has 5 heteroatoms. The van der Waals surface area contributed by atoms with Gasteiger partial charge in [0.25, 0.3) is 5.91 Å². The van der Waals surface area contributed by atoms with E-state index < -0.39 is 0 Å². The van der Waals surface area contributed by atoms with Gasteiger partial charge in [0.05, 0.1) is 17.0 Å². The number of nitrogens with one attached hydrogen (secondary N) is 1. The molecule has 0 saturated carbocycles. The number of hydrogen-bond donors (Lipinski definition) is 1. The molecule has 2 aliphatic heterocycles. The quantitative estimate of drug-likeness (QED) is 0.865. The van der Waals surface area contributed by atoms with Crippen molar-refractivity contribution >= 4 is 29.3 Å². The largest absolute Gasteiger partial charge is 0.495 e. The first-order chi connectivity index (χ1) is 9.08. The second-order valence-electron chi connectivity index (χ2n) is 4.88. The van der Waals surface area contributed by atoms with Crippen LogP contribution in [0.5, 0.6) is 5.75 Å². The van der Waals surface area contributed by atoms with E-state index >= 15 is 0 Å². The molecule has 0 saturated heterocycles. The van der Waals surface area contributed by atoms with Crippen LogP contribution in [-0.2, 0) is 11.2 Å². The first-order valence-electron chi connectivity index (χ1n) is 6.15. The summed E-state index contributed by atoms with van der Waals surface area (Å²) in [4.78, 5) is 13.9. The predicted molar refractivity (Wildman–Crippen MR) is 76.8 cm³/mol. The van der Waals surface area contributed by atoms with Crippen molar-refractivity contribution in [1.82, 2.24) is 5.32 Å². The molecule has 2 heterocycles. The maximum Gasteiger partial charge on any atom is 0.258 e. The zero-order chi connectivity index (χ0) is 13.6. The van der Waals surface area contributed by atoms with Gasteiger partial charge in [-0.15, -0.1) is 0 Å². The fourth-order valence-electron chi connectivity index (χ4n) is 2.54. The molecule has 3 nitrogen and oxygen atoms in total. The van der Waals surface area contributed by atoms with Crippen molar-refractivity contribution in [2.24, 2.45) is 0 Å². The smallest absolute Gasteiger partial charge is 0.258 e. The Hall–Kier alpha value is -1.13. The van der Waals surface area contributed by atoms with Crippen molar-refractivity contribution in [3.63, 3.8) is 0 Å². The van der Waals surface area contributed by atoms with Crippen LogP contribution in [0.4, 0.5) is 0 Å². The minimum absolute atomic E-state index is 0.0401. The number of ether oxygens (including phenoxy) is 1. The average Bonchev–Trinajstić information content (AvgIpc) is 2.36. The molecule has 19 heavy (non-hydrogen) atoms. The number of benzene rings is 1. The molecule has 0 aromatic heterocycles. The van der Waals surface area contributed by atoms with Gasteiger partial charge >= 0.3 is 0 Å². The fraction of sp³-hybridized carbons (Fsp3) is 0.357. The Morgan fingerprint density at radius 1 is 1.47 bits per heavy atom. The maximum absolute atomic E-state index is 12.0. The van der Waals surface area contributed by atoms with Crippen LogP contribution < -0.4 is 10.1 Å². The van der Waals surface area contributed by atoms with Gasteiger partial charge in [-0.1, -0.05) is 23.4 Å². The van der Waals surface area contributed by atoms with Crippen LogP contribution in [0.25, 0.3) is 0 Å². The molecule has 0 radical (unpaired) electrons. The highest BCUT2D eigenvalue weighted by Crippen LogP contribution is 2.44. The molecule has 0 fully saturated rings. The summed E-state index contributed by atoms with van der Waals surface area (Å²) in [5.41, 5.74) is 2.39. The topological polar surface area (TPSA) is 38.3 Å². The monoisotopic (exact) mass is 295 g/mol. The molecule has 1 aromatic rings. The number of amides is 1. The summed E-state index contributed by atoms with van der Waals surface area (Å²) in [6.07, 6.45) is 1.72. The Bertz CT molecular complexity index is 597. The molecule has 2 aliphatic rings. The molecule has 0 bridgehead atoms. The van der Waals surface area contributed by atoms with Crippen molar-refractivity contribution in [3.05, 3.63) is 33.2 Å². The number of carbonyl (C=O) groups excluding carboxylic acids is 1. The van der Waals surface area contributed by atoms with Gasteiger partial charge in [-0.05, 0) is 43.0 Å². The minimum atomic E-state index is 0.0401. The van der Waals surface area contributed by atoms with Crippen molar-refractivity contribution in [2.75, 3.05) is 7.11 Å². The van der Waals surface area contributed by atoms with E-state index in [1.165, 1.54) is 22.9 Å². The van der Waals surface area contributed by atoms with Crippen LogP contribution >= 0.6 is 23.4 Å². The molecule has 1 atom stereocenters. The Labute approximate surface area is 121 Å². The summed E-state index contributed by atoms with van der Waals surface area (Å²) in [6.45, 7) is 2.03. The normalized spacial score (nSPS) is 21.6. The van der Waals surface area contributed by atoms with Crippen molar-refractivity contribution in [2.45, 2.75) is 30.7 Å². The summed E-state index contributed by atoms with van der Waals surface area (Å²) in [5, 5.41) is 3.60. The summed E-state index contributed by atoms with van der Waals surface area (Å²) < 4.78 is 5.23. The molecule has 3 rings (SSSR count). The van der Waals surface area contributed by atoms with Gasteiger partial charge in [0.2, 0.25) is 0 Å². The highest BCUT2D eigenvalue weighted by molar-refractivity contribution is 8.04. The minimum Gasteiger partial charge on any atom is -0.495 e. The number of methoxy groups -OCH3 is 1. The van der Waals surface area contributed by atoms with Crippen LogP contribution in [0.1, 0.15) is 18.9 Å². The third-order valence-corrected chi connectivity index (χ3v) is 4.98. The fourth-order valence-corrected chi connectivity index (χ4v) is 3.90. The Kier molecular flexibility index (Phi) is 3.23. The molecule has 0 aliphatic carbocycles. The molecule has 0 spiro atoms.